The van der Waals surface area contributed by atoms with Crippen LogP contribution in [-0.4, -0.2) is 18.8 Å². The molecule has 4 rings (SSSR count). The maximum atomic E-state index is 14.0. The summed E-state index contributed by atoms with van der Waals surface area (Å²) in [6.07, 6.45) is -4.52. The van der Waals surface area contributed by atoms with Crippen molar-refractivity contribution < 1.29 is 22.7 Å². The van der Waals surface area contributed by atoms with E-state index < -0.39 is 28.7 Å². The average molecular weight is 516 g/mol. The third-order valence-electron chi connectivity index (χ3n) is 6.88. The first-order valence-electron chi connectivity index (χ1n) is 12.1. The van der Waals surface area contributed by atoms with Gasteiger partial charge < -0.3 is 4.74 Å². The second-order valence-electron chi connectivity index (χ2n) is 9.46. The summed E-state index contributed by atoms with van der Waals surface area (Å²) in [6.45, 7) is 3.71. The minimum atomic E-state index is -4.52. The summed E-state index contributed by atoms with van der Waals surface area (Å²) in [7, 11) is 1.27. The number of aliphatic imine (C=N–C) groups is 1. The van der Waals surface area contributed by atoms with Crippen molar-refractivity contribution >= 4 is 11.7 Å². The number of halogens is 3. The van der Waals surface area contributed by atoms with Crippen molar-refractivity contribution in [3.8, 4) is 0 Å². The molecule has 194 valence electrons. The van der Waals surface area contributed by atoms with Crippen molar-refractivity contribution in [2.45, 2.75) is 31.0 Å². The summed E-state index contributed by atoms with van der Waals surface area (Å²) in [4.78, 5) is 19.2. The highest BCUT2D eigenvalue weighted by atomic mass is 19.4. The number of carbonyl (C=O) groups excluding carboxylic acids is 1. The lowest BCUT2D eigenvalue weighted by Crippen LogP contribution is -2.51. The molecule has 0 aliphatic rings. The summed E-state index contributed by atoms with van der Waals surface area (Å²) in [5.74, 6) is -0.685. The molecule has 0 N–H and O–H groups in total. The maximum absolute atomic E-state index is 14.0. The zero-order valence-corrected chi connectivity index (χ0v) is 21.4. The first kappa shape index (κ1) is 26.9. The second-order valence-corrected chi connectivity index (χ2v) is 9.46. The van der Waals surface area contributed by atoms with E-state index >= 15 is 0 Å². The molecule has 3 nitrogen and oxygen atoms in total. The van der Waals surface area contributed by atoms with E-state index in [1.54, 1.807) is 0 Å². The maximum Gasteiger partial charge on any atom is 0.416 e. The molecule has 38 heavy (non-hydrogen) atoms. The molecule has 0 amide bonds. The topological polar surface area (TPSA) is 38.7 Å². The van der Waals surface area contributed by atoms with Gasteiger partial charge >= 0.3 is 12.1 Å². The van der Waals surface area contributed by atoms with Crippen LogP contribution < -0.4 is 0 Å². The normalized spacial score (nSPS) is 13.3. The van der Waals surface area contributed by atoms with Gasteiger partial charge in [0.15, 0.2) is 5.54 Å². The fourth-order valence-corrected chi connectivity index (χ4v) is 4.75. The van der Waals surface area contributed by atoms with E-state index in [0.29, 0.717) is 5.71 Å². The predicted octanol–water partition coefficient (Wildman–Crippen LogP) is 7.59. The number of rotatable bonds is 7. The van der Waals surface area contributed by atoms with Crippen LogP contribution in [0.4, 0.5) is 13.2 Å². The Bertz CT molecular complexity index is 1360. The third kappa shape index (κ3) is 4.99. The minimum Gasteiger partial charge on any atom is -0.467 e. The third-order valence-corrected chi connectivity index (χ3v) is 6.88. The van der Waals surface area contributed by atoms with E-state index in [1.165, 1.54) is 19.2 Å². The molecule has 4 aromatic carbocycles. The van der Waals surface area contributed by atoms with Crippen molar-refractivity contribution in [3.05, 3.63) is 143 Å². The number of carbonyl (C=O) groups is 1. The van der Waals surface area contributed by atoms with Gasteiger partial charge in [0.2, 0.25) is 0 Å². The fraction of sp³-hybridized carbons (Fsp3) is 0.188. The first-order valence-corrected chi connectivity index (χ1v) is 12.1. The number of methoxy groups -OCH3 is 1. The van der Waals surface area contributed by atoms with Gasteiger partial charge in [-0.25, -0.2) is 4.79 Å². The number of benzene rings is 4. The average Bonchev–Trinajstić information content (AvgIpc) is 2.94. The molecule has 0 radical (unpaired) electrons. The van der Waals surface area contributed by atoms with Gasteiger partial charge in [0, 0.05) is 16.5 Å². The molecule has 0 bridgehead atoms. The minimum absolute atomic E-state index is 0.288. The summed E-state index contributed by atoms with van der Waals surface area (Å²) in [5.41, 5.74) is -0.520. The molecule has 0 aliphatic carbocycles. The molecule has 0 saturated carbocycles. The summed E-state index contributed by atoms with van der Waals surface area (Å²) in [5, 5.41) is 0. The zero-order valence-electron chi connectivity index (χ0n) is 21.4. The standard InChI is InChI=1S/C32H28F3NO2/c1-30(2,25-17-11-6-12-18-25)31(29(37)38-3,26-19-21-27(22-20-26)32(33,34)35)36-28(23-13-7-4-8-14-23)24-15-9-5-10-16-24/h4-22H,1-3H3. The Balaban J connectivity index is 2.12. The van der Waals surface area contributed by atoms with Gasteiger partial charge in [-0.15, -0.1) is 0 Å². The van der Waals surface area contributed by atoms with Crippen molar-refractivity contribution in [1.29, 1.82) is 0 Å². The van der Waals surface area contributed by atoms with E-state index in [1.807, 2.05) is 105 Å². The molecule has 4 aromatic rings. The summed E-state index contributed by atoms with van der Waals surface area (Å²) in [6, 6.07) is 32.7. The number of esters is 1. The number of ether oxygens (including phenoxy) is 1. The Morgan fingerprint density at radius 1 is 0.632 bits per heavy atom. The van der Waals surface area contributed by atoms with Gasteiger partial charge in [-0.05, 0) is 23.3 Å². The van der Waals surface area contributed by atoms with Crippen LogP contribution in [0.5, 0.6) is 0 Å². The van der Waals surface area contributed by atoms with Crippen LogP contribution >= 0.6 is 0 Å². The molecular weight excluding hydrogens is 487 g/mol. The molecule has 0 heterocycles. The van der Waals surface area contributed by atoms with Crippen molar-refractivity contribution in [1.82, 2.24) is 0 Å². The van der Waals surface area contributed by atoms with Crippen LogP contribution in [0.3, 0.4) is 0 Å². The monoisotopic (exact) mass is 515 g/mol. The molecule has 0 aromatic heterocycles. The highest BCUT2D eigenvalue weighted by Gasteiger charge is 2.55. The molecule has 0 saturated heterocycles. The van der Waals surface area contributed by atoms with Crippen molar-refractivity contribution in [2.24, 2.45) is 4.99 Å². The van der Waals surface area contributed by atoms with Crippen molar-refractivity contribution in [2.75, 3.05) is 7.11 Å². The Hall–Kier alpha value is -4.19. The molecule has 6 heteroatoms. The van der Waals surface area contributed by atoms with Crippen molar-refractivity contribution in [3.63, 3.8) is 0 Å². The lowest BCUT2D eigenvalue weighted by molar-refractivity contribution is -0.150. The van der Waals surface area contributed by atoms with E-state index in [-0.39, 0.29) is 5.56 Å². The summed E-state index contributed by atoms with van der Waals surface area (Å²) < 4.78 is 45.8. The lowest BCUT2D eigenvalue weighted by Gasteiger charge is -2.43. The molecule has 0 aliphatic heterocycles. The largest absolute Gasteiger partial charge is 0.467 e. The number of hydrogen-bond acceptors (Lipinski definition) is 3. The molecular formula is C32H28F3NO2. The number of hydrogen-bond donors (Lipinski definition) is 0. The first-order chi connectivity index (χ1) is 18.1. The fourth-order valence-electron chi connectivity index (χ4n) is 4.75. The Morgan fingerprint density at radius 3 is 1.47 bits per heavy atom. The van der Waals surface area contributed by atoms with Gasteiger partial charge in [0.05, 0.1) is 18.4 Å². The number of nitrogens with zero attached hydrogens (tertiary/aromatic N) is 1. The Morgan fingerprint density at radius 2 is 1.05 bits per heavy atom. The molecule has 0 spiro atoms. The lowest BCUT2D eigenvalue weighted by atomic mass is 9.64. The Kier molecular flexibility index (Phi) is 7.53. The molecule has 1 unspecified atom stereocenters. The van der Waals surface area contributed by atoms with Crippen LogP contribution in [0.25, 0.3) is 0 Å². The van der Waals surface area contributed by atoms with E-state index in [0.717, 1.165) is 28.8 Å². The highest BCUT2D eigenvalue weighted by molar-refractivity contribution is 6.14. The van der Waals surface area contributed by atoms with Crippen LogP contribution in [0.2, 0.25) is 0 Å². The van der Waals surface area contributed by atoms with E-state index in [2.05, 4.69) is 0 Å². The van der Waals surface area contributed by atoms with Crippen LogP contribution in [0, 0.1) is 0 Å². The van der Waals surface area contributed by atoms with Gasteiger partial charge in [0.1, 0.15) is 0 Å². The smallest absolute Gasteiger partial charge is 0.416 e. The van der Waals surface area contributed by atoms with E-state index in [9.17, 15) is 18.0 Å². The van der Waals surface area contributed by atoms with Gasteiger partial charge in [-0.2, -0.15) is 13.2 Å². The van der Waals surface area contributed by atoms with Crippen LogP contribution in [-0.2, 0) is 26.7 Å². The van der Waals surface area contributed by atoms with Gasteiger partial charge in [-0.3, -0.25) is 4.99 Å². The van der Waals surface area contributed by atoms with Crippen LogP contribution in [0.15, 0.2) is 120 Å². The summed E-state index contributed by atoms with van der Waals surface area (Å²) >= 11 is 0. The van der Waals surface area contributed by atoms with E-state index in [4.69, 9.17) is 9.73 Å². The molecule has 0 fully saturated rings. The predicted molar refractivity (Wildman–Crippen MR) is 143 cm³/mol. The highest BCUT2D eigenvalue weighted by Crippen LogP contribution is 2.47. The quantitative estimate of drug-likeness (QED) is 0.188. The molecule has 1 atom stereocenters. The second kappa shape index (κ2) is 10.7. The number of alkyl halides is 3. The van der Waals surface area contributed by atoms with Crippen LogP contribution in [0.1, 0.15) is 41.7 Å². The Labute approximate surface area is 220 Å². The van der Waals surface area contributed by atoms with Gasteiger partial charge in [0.25, 0.3) is 0 Å². The van der Waals surface area contributed by atoms with Gasteiger partial charge in [-0.1, -0.05) is 117 Å². The zero-order chi connectivity index (χ0) is 27.4. The SMILES string of the molecule is COC(=O)C(N=C(c1ccccc1)c1ccccc1)(c1ccc(C(F)(F)F)cc1)C(C)(C)c1ccccc1.